The predicted molar refractivity (Wildman–Crippen MR) is 146 cm³/mol. The van der Waals surface area contributed by atoms with Crippen molar-refractivity contribution in [3.05, 3.63) is 11.6 Å². The summed E-state index contributed by atoms with van der Waals surface area (Å²) in [6, 6.07) is 0. The van der Waals surface area contributed by atoms with E-state index in [2.05, 4.69) is 19.2 Å². The largest absolute Gasteiger partial charge is 0.458 e. The van der Waals surface area contributed by atoms with Gasteiger partial charge in [-0.15, -0.1) is 0 Å². The molecule has 0 radical (unpaired) electrons. The quantitative estimate of drug-likeness (QED) is 0.426. The van der Waals surface area contributed by atoms with Crippen molar-refractivity contribution in [1.82, 2.24) is 5.32 Å². The number of rotatable bonds is 8. The van der Waals surface area contributed by atoms with Crippen molar-refractivity contribution in [3.63, 3.8) is 0 Å². The van der Waals surface area contributed by atoms with Gasteiger partial charge in [-0.3, -0.25) is 19.2 Å². The van der Waals surface area contributed by atoms with E-state index < -0.39 is 29.4 Å². The second-order valence-corrected chi connectivity index (χ2v) is 13.7. The van der Waals surface area contributed by atoms with Crippen LogP contribution >= 0.6 is 0 Å². The molecule has 7 nitrogen and oxygen atoms in total. The fraction of sp³-hybridized carbons (Fsp3) is 0.812. The maximum absolute atomic E-state index is 13.4. The first-order chi connectivity index (χ1) is 18.6. The Morgan fingerprint density at radius 1 is 0.949 bits per heavy atom. The second-order valence-electron chi connectivity index (χ2n) is 13.7. The Balaban J connectivity index is 1.13. The monoisotopic (exact) mass is 541 g/mol. The average Bonchev–Trinajstić information content (AvgIpc) is 3.21. The van der Waals surface area contributed by atoms with E-state index in [-0.39, 0.29) is 35.9 Å². The Kier molecular flexibility index (Phi) is 8.11. The Morgan fingerprint density at radius 3 is 2.46 bits per heavy atom. The molecular weight excluding hydrogens is 494 g/mol. The molecule has 0 unspecified atom stereocenters. The first-order valence-corrected chi connectivity index (χ1v) is 15.5. The molecule has 0 aromatic heterocycles. The SMILES string of the molecule is C[C@]12CCC(=O)C=C1CC[C@H]1[C@H]3CC[C@](O)(C(=O)COC(=O)CCC(=O)NCC4CCCCC4)[C@@]3(C)CC[C@@H]12. The summed E-state index contributed by atoms with van der Waals surface area (Å²) in [6.45, 7) is 4.61. The number of fused-ring (bicyclic) bond motifs is 5. The summed E-state index contributed by atoms with van der Waals surface area (Å²) >= 11 is 0. The first kappa shape index (κ1) is 28.5. The molecule has 4 fully saturated rings. The highest BCUT2D eigenvalue weighted by molar-refractivity contribution is 5.92. The first-order valence-electron chi connectivity index (χ1n) is 15.5. The van der Waals surface area contributed by atoms with Gasteiger partial charge in [0.15, 0.2) is 12.4 Å². The Hall–Kier alpha value is -2.02. The maximum atomic E-state index is 13.4. The van der Waals surface area contributed by atoms with Crippen LogP contribution in [0.15, 0.2) is 11.6 Å². The van der Waals surface area contributed by atoms with Gasteiger partial charge in [0.1, 0.15) is 5.60 Å². The molecule has 216 valence electrons. The van der Waals surface area contributed by atoms with Crippen molar-refractivity contribution in [2.45, 2.75) is 116 Å². The van der Waals surface area contributed by atoms with Gasteiger partial charge in [0, 0.05) is 24.8 Å². The summed E-state index contributed by atoms with van der Waals surface area (Å²) in [5, 5.41) is 14.7. The number of allylic oxidation sites excluding steroid dienone is 1. The summed E-state index contributed by atoms with van der Waals surface area (Å²) in [7, 11) is 0. The molecule has 6 atom stereocenters. The van der Waals surface area contributed by atoms with Crippen LogP contribution in [0.5, 0.6) is 0 Å². The lowest BCUT2D eigenvalue weighted by molar-refractivity contribution is -0.170. The topological polar surface area (TPSA) is 110 Å². The predicted octanol–water partition coefficient (Wildman–Crippen LogP) is 4.84. The van der Waals surface area contributed by atoms with Gasteiger partial charge < -0.3 is 15.2 Å². The lowest BCUT2D eigenvalue weighted by Crippen LogP contribution is -2.58. The fourth-order valence-electron chi connectivity index (χ4n) is 9.32. The van der Waals surface area contributed by atoms with E-state index >= 15 is 0 Å². The van der Waals surface area contributed by atoms with Gasteiger partial charge in [-0.2, -0.15) is 0 Å². The van der Waals surface area contributed by atoms with E-state index in [0.717, 1.165) is 51.4 Å². The van der Waals surface area contributed by atoms with Crippen LogP contribution in [0.2, 0.25) is 0 Å². The lowest BCUT2D eigenvalue weighted by Gasteiger charge is -2.58. The van der Waals surface area contributed by atoms with Crippen LogP contribution < -0.4 is 5.32 Å². The number of carbonyl (C=O) groups excluding carboxylic acids is 4. The fourth-order valence-corrected chi connectivity index (χ4v) is 9.32. The molecule has 5 rings (SSSR count). The number of aliphatic hydroxyl groups is 1. The number of carbonyl (C=O) groups is 4. The molecule has 0 aromatic carbocycles. The summed E-state index contributed by atoms with van der Waals surface area (Å²) in [5.41, 5.74) is -0.692. The molecular formula is C32H47NO6. The van der Waals surface area contributed by atoms with Gasteiger partial charge in [0.25, 0.3) is 0 Å². The maximum Gasteiger partial charge on any atom is 0.306 e. The van der Waals surface area contributed by atoms with Gasteiger partial charge in [-0.25, -0.2) is 0 Å². The molecule has 0 heterocycles. The molecule has 0 bridgehead atoms. The number of Topliss-reactive ketones (excluding diaryl/α,β-unsaturated/α-hetero) is 1. The van der Waals surface area contributed by atoms with Crippen LogP contribution in [-0.2, 0) is 23.9 Å². The molecule has 0 saturated heterocycles. The summed E-state index contributed by atoms with van der Waals surface area (Å²) < 4.78 is 5.29. The van der Waals surface area contributed by atoms with Crippen molar-refractivity contribution in [2.75, 3.05) is 13.2 Å². The molecule has 1 amide bonds. The van der Waals surface area contributed by atoms with E-state index in [0.29, 0.717) is 37.1 Å². The van der Waals surface area contributed by atoms with Crippen LogP contribution in [0.1, 0.15) is 110 Å². The van der Waals surface area contributed by atoms with Gasteiger partial charge in [0.05, 0.1) is 6.42 Å². The van der Waals surface area contributed by atoms with E-state index in [1.807, 2.05) is 6.08 Å². The number of amides is 1. The second kappa shape index (κ2) is 11.1. The molecule has 2 N–H and O–H groups in total. The molecule has 5 aliphatic rings. The highest BCUT2D eigenvalue weighted by atomic mass is 16.5. The summed E-state index contributed by atoms with van der Waals surface area (Å²) in [4.78, 5) is 50.0. The molecule has 4 saturated carbocycles. The van der Waals surface area contributed by atoms with E-state index in [9.17, 15) is 24.3 Å². The molecule has 7 heteroatoms. The minimum atomic E-state index is -1.50. The number of esters is 1. The zero-order valence-corrected chi connectivity index (χ0v) is 23.9. The van der Waals surface area contributed by atoms with Crippen molar-refractivity contribution in [1.29, 1.82) is 0 Å². The molecule has 39 heavy (non-hydrogen) atoms. The van der Waals surface area contributed by atoms with Crippen LogP contribution in [0.4, 0.5) is 0 Å². The summed E-state index contributed by atoms with van der Waals surface area (Å²) in [5.74, 6) is 0.774. The number of ether oxygens (including phenoxy) is 1. The normalized spacial score (nSPS) is 38.2. The number of nitrogens with one attached hydrogen (secondary N) is 1. The minimum absolute atomic E-state index is 0.0428. The highest BCUT2D eigenvalue weighted by Crippen LogP contribution is 2.67. The van der Waals surface area contributed by atoms with E-state index in [1.54, 1.807) is 0 Å². The third-order valence-electron chi connectivity index (χ3n) is 11.8. The van der Waals surface area contributed by atoms with Crippen molar-refractivity contribution < 1.29 is 29.0 Å². The lowest BCUT2D eigenvalue weighted by atomic mass is 9.46. The molecule has 0 aliphatic heterocycles. The zero-order chi connectivity index (χ0) is 27.8. The van der Waals surface area contributed by atoms with Crippen LogP contribution in [0.3, 0.4) is 0 Å². The van der Waals surface area contributed by atoms with Gasteiger partial charge in [0.2, 0.25) is 11.7 Å². The van der Waals surface area contributed by atoms with E-state index in [1.165, 1.54) is 24.8 Å². The third-order valence-corrected chi connectivity index (χ3v) is 11.8. The Labute approximate surface area is 232 Å². The Morgan fingerprint density at radius 2 is 1.69 bits per heavy atom. The van der Waals surface area contributed by atoms with Crippen LogP contribution in [0, 0.1) is 34.5 Å². The molecule has 0 aromatic rings. The van der Waals surface area contributed by atoms with E-state index in [4.69, 9.17) is 4.74 Å². The molecule has 0 spiro atoms. The molecule has 5 aliphatic carbocycles. The number of ketones is 2. The van der Waals surface area contributed by atoms with Crippen LogP contribution in [0.25, 0.3) is 0 Å². The third kappa shape index (κ3) is 5.25. The van der Waals surface area contributed by atoms with Gasteiger partial charge >= 0.3 is 5.97 Å². The van der Waals surface area contributed by atoms with Crippen molar-refractivity contribution in [2.24, 2.45) is 34.5 Å². The smallest absolute Gasteiger partial charge is 0.306 e. The number of hydrogen-bond acceptors (Lipinski definition) is 6. The van der Waals surface area contributed by atoms with Crippen LogP contribution in [-0.4, -0.2) is 47.3 Å². The van der Waals surface area contributed by atoms with Gasteiger partial charge in [-0.1, -0.05) is 38.7 Å². The summed E-state index contributed by atoms with van der Waals surface area (Å²) in [6.07, 6.45) is 14.2. The minimum Gasteiger partial charge on any atom is -0.458 e. The average molecular weight is 542 g/mol. The number of hydrogen-bond donors (Lipinski definition) is 2. The van der Waals surface area contributed by atoms with Crippen molar-refractivity contribution in [3.8, 4) is 0 Å². The Bertz CT molecular complexity index is 1030. The van der Waals surface area contributed by atoms with Gasteiger partial charge in [-0.05, 0) is 93.0 Å². The zero-order valence-electron chi connectivity index (χ0n) is 23.9. The standard InChI is InChI=1S/C32H47NO6/c1-30-15-12-23(34)18-22(30)8-9-24-25(30)13-16-31(2)26(24)14-17-32(31,38)27(35)20-39-29(37)11-10-28(36)33-19-21-6-4-3-5-7-21/h18,21,24-26,38H,3-17,19-20H2,1-2H3,(H,33,36)/t24-,25+,26-,30+,31+,32+/m1/s1. The highest BCUT2D eigenvalue weighted by Gasteiger charge is 2.66. The van der Waals surface area contributed by atoms with Crippen molar-refractivity contribution >= 4 is 23.4 Å².